The average Bonchev–Trinajstić information content (AvgIpc) is 2.81. The van der Waals surface area contributed by atoms with Crippen molar-refractivity contribution in [1.29, 1.82) is 0 Å². The predicted molar refractivity (Wildman–Crippen MR) is 116 cm³/mol. The third kappa shape index (κ3) is 4.94. The molecule has 0 bridgehead atoms. The van der Waals surface area contributed by atoms with E-state index in [1.807, 2.05) is 0 Å². The highest BCUT2D eigenvalue weighted by molar-refractivity contribution is 5.84. The van der Waals surface area contributed by atoms with Gasteiger partial charge in [0.15, 0.2) is 17.5 Å². The number of rotatable bonds is 4. The van der Waals surface area contributed by atoms with E-state index in [9.17, 15) is 30.7 Å². The summed E-state index contributed by atoms with van der Waals surface area (Å²) in [5.41, 5.74) is -0.429. The first-order valence-electron chi connectivity index (χ1n) is 10.3. The minimum absolute atomic E-state index is 0.0117. The van der Waals surface area contributed by atoms with Crippen LogP contribution in [0.25, 0.3) is 10.8 Å². The number of halogens is 7. The van der Waals surface area contributed by atoms with Gasteiger partial charge in [-0.15, -0.1) is 0 Å². The van der Waals surface area contributed by atoms with Crippen molar-refractivity contribution in [3.05, 3.63) is 112 Å². The van der Waals surface area contributed by atoms with E-state index >= 15 is 0 Å². The van der Waals surface area contributed by atoms with Crippen LogP contribution in [-0.2, 0) is 12.8 Å². The van der Waals surface area contributed by atoms with Crippen LogP contribution in [0.2, 0.25) is 0 Å². The molecule has 8 heteroatoms. The average molecular weight is 488 g/mol. The number of methoxy groups -OCH3 is 1. The summed E-state index contributed by atoms with van der Waals surface area (Å²) >= 11 is 0. The van der Waals surface area contributed by atoms with Gasteiger partial charge in [-0.05, 0) is 54.1 Å². The Morgan fingerprint density at radius 2 is 1.31 bits per heavy atom. The standard InChI is InChI=1S/C27H15F7O/c1-35-17-12-23(30)20(24(31)13-17)7-4-15-9-21(28)19(22(29)10-15)6-3-14-2-5-18-16(8-14)11-25(32)27(34)26(18)33/h2,5,8-13H,4,7H2,1H3. The summed E-state index contributed by atoms with van der Waals surface area (Å²) in [6.45, 7) is 0. The van der Waals surface area contributed by atoms with Gasteiger partial charge in [0.2, 0.25) is 0 Å². The van der Waals surface area contributed by atoms with Crippen molar-refractivity contribution < 1.29 is 35.5 Å². The van der Waals surface area contributed by atoms with Crippen LogP contribution < -0.4 is 4.74 Å². The van der Waals surface area contributed by atoms with E-state index in [0.29, 0.717) is 0 Å². The van der Waals surface area contributed by atoms with Crippen LogP contribution in [0.15, 0.2) is 48.5 Å². The Hall–Kier alpha value is -3.99. The van der Waals surface area contributed by atoms with Gasteiger partial charge in [-0.3, -0.25) is 0 Å². The van der Waals surface area contributed by atoms with E-state index in [2.05, 4.69) is 11.8 Å². The van der Waals surface area contributed by atoms with E-state index in [-0.39, 0.29) is 46.1 Å². The topological polar surface area (TPSA) is 9.23 Å². The fourth-order valence-corrected chi connectivity index (χ4v) is 3.61. The highest BCUT2D eigenvalue weighted by Gasteiger charge is 2.15. The third-order valence-electron chi connectivity index (χ3n) is 5.42. The molecule has 0 radical (unpaired) electrons. The zero-order valence-electron chi connectivity index (χ0n) is 18.1. The molecular weight excluding hydrogens is 473 g/mol. The Kier molecular flexibility index (Phi) is 6.70. The molecule has 0 aliphatic carbocycles. The summed E-state index contributed by atoms with van der Waals surface area (Å²) in [4.78, 5) is 0. The maximum atomic E-state index is 14.6. The Morgan fingerprint density at radius 1 is 0.657 bits per heavy atom. The van der Waals surface area contributed by atoms with E-state index < -0.39 is 46.3 Å². The van der Waals surface area contributed by atoms with Gasteiger partial charge >= 0.3 is 0 Å². The maximum absolute atomic E-state index is 14.6. The Bertz CT molecular complexity index is 1470. The molecule has 0 saturated heterocycles. The molecule has 1 nitrogen and oxygen atoms in total. The van der Waals surface area contributed by atoms with E-state index in [1.54, 1.807) is 0 Å². The summed E-state index contributed by atoms with van der Waals surface area (Å²) in [6, 6.07) is 8.61. The Morgan fingerprint density at radius 3 is 1.94 bits per heavy atom. The monoisotopic (exact) mass is 488 g/mol. The number of aryl methyl sites for hydroxylation is 1. The molecule has 4 aromatic rings. The number of hydrogen-bond donors (Lipinski definition) is 0. The minimum Gasteiger partial charge on any atom is -0.497 e. The maximum Gasteiger partial charge on any atom is 0.195 e. The molecule has 0 unspecified atom stereocenters. The molecule has 4 rings (SSSR count). The first-order chi connectivity index (χ1) is 16.7. The second kappa shape index (κ2) is 9.71. The molecule has 0 N–H and O–H groups in total. The fourth-order valence-electron chi connectivity index (χ4n) is 3.61. The van der Waals surface area contributed by atoms with Crippen molar-refractivity contribution in [2.75, 3.05) is 7.11 Å². The normalized spacial score (nSPS) is 10.9. The van der Waals surface area contributed by atoms with Gasteiger partial charge in [-0.25, -0.2) is 30.7 Å². The van der Waals surface area contributed by atoms with Gasteiger partial charge in [0.25, 0.3) is 0 Å². The molecule has 0 spiro atoms. The lowest BCUT2D eigenvalue weighted by Crippen LogP contribution is -2.02. The van der Waals surface area contributed by atoms with Crippen molar-refractivity contribution in [2.45, 2.75) is 12.8 Å². The SMILES string of the molecule is COc1cc(F)c(CCc2cc(F)c(C#Cc3ccc4c(F)c(F)c(F)cc4c3)c(F)c2)c(F)c1. The van der Waals surface area contributed by atoms with Crippen molar-refractivity contribution in [3.8, 4) is 17.6 Å². The first kappa shape index (κ1) is 24.1. The van der Waals surface area contributed by atoms with Gasteiger partial charge in [0.05, 0.1) is 12.7 Å². The molecule has 0 aliphatic heterocycles. The first-order valence-corrected chi connectivity index (χ1v) is 10.3. The zero-order valence-corrected chi connectivity index (χ0v) is 18.1. The van der Waals surface area contributed by atoms with Crippen LogP contribution in [0.3, 0.4) is 0 Å². The van der Waals surface area contributed by atoms with Crippen LogP contribution in [0, 0.1) is 52.6 Å². The second-order valence-corrected chi connectivity index (χ2v) is 7.68. The second-order valence-electron chi connectivity index (χ2n) is 7.68. The number of ether oxygens (including phenoxy) is 1. The summed E-state index contributed by atoms with van der Waals surface area (Å²) in [7, 11) is 1.27. The molecule has 0 atom stereocenters. The summed E-state index contributed by atoms with van der Waals surface area (Å²) in [5.74, 6) is -3.08. The van der Waals surface area contributed by atoms with E-state index in [0.717, 1.165) is 30.3 Å². The van der Waals surface area contributed by atoms with Gasteiger partial charge < -0.3 is 4.74 Å². The van der Waals surface area contributed by atoms with Crippen molar-refractivity contribution in [3.63, 3.8) is 0 Å². The van der Waals surface area contributed by atoms with Crippen LogP contribution in [0.4, 0.5) is 30.7 Å². The van der Waals surface area contributed by atoms with Gasteiger partial charge in [-0.1, -0.05) is 17.9 Å². The number of benzene rings is 4. The van der Waals surface area contributed by atoms with Crippen LogP contribution >= 0.6 is 0 Å². The molecule has 0 aromatic heterocycles. The fraction of sp³-hybridized carbons (Fsp3) is 0.111. The van der Waals surface area contributed by atoms with E-state index in [1.165, 1.54) is 25.3 Å². The van der Waals surface area contributed by atoms with Crippen LogP contribution in [-0.4, -0.2) is 7.11 Å². The predicted octanol–water partition coefficient (Wildman–Crippen LogP) is 7.01. The van der Waals surface area contributed by atoms with E-state index in [4.69, 9.17) is 4.74 Å². The molecule has 0 heterocycles. The molecule has 35 heavy (non-hydrogen) atoms. The number of hydrogen-bond acceptors (Lipinski definition) is 1. The summed E-state index contributed by atoms with van der Waals surface area (Å²) in [6.07, 6.45) is -0.184. The van der Waals surface area contributed by atoms with Gasteiger partial charge in [0, 0.05) is 28.6 Å². The molecule has 0 amide bonds. The van der Waals surface area contributed by atoms with Gasteiger partial charge in [0.1, 0.15) is 29.0 Å². The molecule has 0 saturated carbocycles. The molecule has 0 aliphatic rings. The van der Waals surface area contributed by atoms with Crippen LogP contribution in [0.5, 0.6) is 5.75 Å². The Balaban J connectivity index is 1.57. The lowest BCUT2D eigenvalue weighted by molar-refractivity contribution is 0.405. The quantitative estimate of drug-likeness (QED) is 0.171. The van der Waals surface area contributed by atoms with Crippen molar-refractivity contribution in [2.24, 2.45) is 0 Å². The van der Waals surface area contributed by atoms with Crippen molar-refractivity contribution >= 4 is 10.8 Å². The number of fused-ring (bicyclic) bond motifs is 1. The summed E-state index contributed by atoms with van der Waals surface area (Å²) < 4.78 is 103. The highest BCUT2D eigenvalue weighted by atomic mass is 19.2. The largest absolute Gasteiger partial charge is 0.497 e. The van der Waals surface area contributed by atoms with Gasteiger partial charge in [-0.2, -0.15) is 0 Å². The minimum atomic E-state index is -1.60. The molecule has 178 valence electrons. The Labute approximate surface area is 195 Å². The summed E-state index contributed by atoms with van der Waals surface area (Å²) in [5, 5.41) is -0.136. The third-order valence-corrected chi connectivity index (χ3v) is 5.42. The molecular formula is C27H15F7O. The molecule has 4 aromatic carbocycles. The zero-order chi connectivity index (χ0) is 25.3. The molecule has 0 fully saturated rings. The lowest BCUT2D eigenvalue weighted by atomic mass is 10.0. The van der Waals surface area contributed by atoms with Crippen LogP contribution in [0.1, 0.15) is 22.3 Å². The highest BCUT2D eigenvalue weighted by Crippen LogP contribution is 2.25. The smallest absolute Gasteiger partial charge is 0.195 e. The van der Waals surface area contributed by atoms with Crippen molar-refractivity contribution in [1.82, 2.24) is 0 Å². The lowest BCUT2D eigenvalue weighted by Gasteiger charge is -2.09.